The van der Waals surface area contributed by atoms with E-state index >= 15 is 0 Å². The molecule has 4 aromatic carbocycles. The fraction of sp³-hybridized carbons (Fsp3) is 0.377. The number of aromatic nitrogens is 2. The molecule has 0 spiro atoms. The highest BCUT2D eigenvalue weighted by Crippen LogP contribution is 2.41. The van der Waals surface area contributed by atoms with E-state index in [1.807, 2.05) is 70.3 Å². The Morgan fingerprint density at radius 2 is 1.44 bits per heavy atom. The molecule has 0 saturated carbocycles. The number of para-hydroxylation sites is 1. The number of nitrogens with zero attached hydrogens (tertiary/aromatic N) is 5. The Morgan fingerprint density at radius 1 is 0.773 bits per heavy atom. The molecule has 0 bridgehead atoms. The number of benzene rings is 4. The lowest BCUT2D eigenvalue weighted by Gasteiger charge is -2.39. The van der Waals surface area contributed by atoms with Crippen molar-refractivity contribution in [1.82, 2.24) is 20.2 Å². The van der Waals surface area contributed by atoms with Crippen molar-refractivity contribution in [2.75, 3.05) is 67.7 Å². The van der Waals surface area contributed by atoms with Gasteiger partial charge in [0.1, 0.15) is 23.1 Å². The number of nitrogens with one attached hydrogen (secondary N) is 2. The Balaban J connectivity index is 1.01. The second kappa shape index (κ2) is 21.8. The second-order valence-electron chi connectivity index (χ2n) is 17.0. The maximum absolute atomic E-state index is 14.3. The number of fused-ring (bicyclic) bond motifs is 1. The standard InChI is InChI=1S/C53H61F2N7O4/c1-5-64-48-28-37(12-17-45(48)55)33-60-26-22-43(23-27-60)61(44-31-40-10-8-9-11-46(40)57-32-44)35-52(63)59-51-19-18-47(36(4)58-51)62(42-20-24-56-25-21-42)34-38-29-49(65-6-2)53(50(30-38)66-7-3)39-13-15-41(54)16-14-39/h8-19,28-32,42-43,56H,5-7,20-27,33-35H2,1-4H3,(H,58,59,63). The van der Waals surface area contributed by atoms with Gasteiger partial charge < -0.3 is 34.6 Å². The zero-order valence-corrected chi connectivity index (χ0v) is 38.5. The summed E-state index contributed by atoms with van der Waals surface area (Å²) in [6, 6.07) is 30.1. The molecule has 2 saturated heterocycles. The van der Waals surface area contributed by atoms with E-state index in [0.29, 0.717) is 50.2 Å². The second-order valence-corrected chi connectivity index (χ2v) is 17.0. The highest BCUT2D eigenvalue weighted by molar-refractivity contribution is 5.94. The SMILES string of the molecule is CCOc1cc(CN2CCC(N(CC(=O)Nc3ccc(N(Cc4cc(OCC)c(-c5ccc(F)cc5)c(OCC)c4)C4CCNCC4)c(C)n3)c3cnc4ccccc4c3)CC2)ccc1F. The van der Waals surface area contributed by atoms with Gasteiger partial charge >= 0.3 is 0 Å². The number of hydrogen-bond donors (Lipinski definition) is 2. The summed E-state index contributed by atoms with van der Waals surface area (Å²) in [6.45, 7) is 13.9. The van der Waals surface area contributed by atoms with Crippen LogP contribution < -0.4 is 34.6 Å². The lowest BCUT2D eigenvalue weighted by atomic mass is 9.98. The maximum atomic E-state index is 14.3. The Labute approximate surface area is 387 Å². The van der Waals surface area contributed by atoms with E-state index in [-0.39, 0.29) is 41.9 Å². The first-order valence-corrected chi connectivity index (χ1v) is 23.4. The van der Waals surface area contributed by atoms with Crippen LogP contribution in [0.4, 0.5) is 26.0 Å². The van der Waals surface area contributed by atoms with Gasteiger partial charge in [0.15, 0.2) is 11.6 Å². The zero-order valence-electron chi connectivity index (χ0n) is 38.5. The molecule has 11 nitrogen and oxygen atoms in total. The largest absolute Gasteiger partial charge is 0.493 e. The minimum atomic E-state index is -0.353. The predicted molar refractivity (Wildman–Crippen MR) is 259 cm³/mol. The Morgan fingerprint density at radius 3 is 2.14 bits per heavy atom. The van der Waals surface area contributed by atoms with E-state index in [2.05, 4.69) is 49.6 Å². The Bertz CT molecular complexity index is 2550. The average Bonchev–Trinajstić information content (AvgIpc) is 3.32. The molecule has 2 aliphatic rings. The molecule has 2 aromatic heterocycles. The average molecular weight is 898 g/mol. The molecule has 1 amide bonds. The molecule has 2 aliphatic heterocycles. The monoisotopic (exact) mass is 897 g/mol. The minimum Gasteiger partial charge on any atom is -0.493 e. The number of likely N-dealkylation sites (tertiary alicyclic amines) is 1. The number of anilines is 3. The quantitative estimate of drug-likeness (QED) is 0.0867. The van der Waals surface area contributed by atoms with Gasteiger partial charge in [-0.25, -0.2) is 13.8 Å². The van der Waals surface area contributed by atoms with Gasteiger partial charge in [0, 0.05) is 43.6 Å². The first-order valence-electron chi connectivity index (χ1n) is 23.4. The molecule has 66 heavy (non-hydrogen) atoms. The van der Waals surface area contributed by atoms with Crippen molar-refractivity contribution in [3.63, 3.8) is 0 Å². The van der Waals surface area contributed by atoms with E-state index in [1.165, 1.54) is 18.2 Å². The number of ether oxygens (including phenoxy) is 3. The molecule has 346 valence electrons. The van der Waals surface area contributed by atoms with Gasteiger partial charge in [-0.05, 0) is 144 Å². The van der Waals surface area contributed by atoms with E-state index in [4.69, 9.17) is 24.2 Å². The molecule has 0 aliphatic carbocycles. The molecule has 2 N–H and O–H groups in total. The number of hydrogen-bond acceptors (Lipinski definition) is 10. The number of rotatable bonds is 18. The summed E-state index contributed by atoms with van der Waals surface area (Å²) in [5, 5.41) is 7.65. The fourth-order valence-corrected chi connectivity index (χ4v) is 9.37. The van der Waals surface area contributed by atoms with Crippen LogP contribution in [0, 0.1) is 18.6 Å². The normalized spacial score (nSPS) is 14.8. The van der Waals surface area contributed by atoms with Crippen LogP contribution in [0.1, 0.15) is 63.3 Å². The summed E-state index contributed by atoms with van der Waals surface area (Å²) in [7, 11) is 0. The summed E-state index contributed by atoms with van der Waals surface area (Å²) < 4.78 is 46.3. The lowest BCUT2D eigenvalue weighted by Crippen LogP contribution is -2.47. The minimum absolute atomic E-state index is 0.0917. The maximum Gasteiger partial charge on any atom is 0.245 e. The summed E-state index contributed by atoms with van der Waals surface area (Å²) in [6.07, 6.45) is 5.47. The van der Waals surface area contributed by atoms with Gasteiger partial charge in [-0.3, -0.25) is 14.7 Å². The van der Waals surface area contributed by atoms with Crippen LogP contribution in [-0.4, -0.2) is 85.4 Å². The molecule has 0 radical (unpaired) electrons. The van der Waals surface area contributed by atoms with Crippen molar-refractivity contribution >= 4 is 34.0 Å². The van der Waals surface area contributed by atoms with E-state index < -0.39 is 0 Å². The first kappa shape index (κ1) is 46.2. The summed E-state index contributed by atoms with van der Waals surface area (Å²) in [4.78, 5) is 30.9. The molecule has 8 rings (SSSR count). The number of carbonyl (C=O) groups is 1. The van der Waals surface area contributed by atoms with Crippen molar-refractivity contribution < 1.29 is 27.8 Å². The van der Waals surface area contributed by atoms with Crippen molar-refractivity contribution in [3.8, 4) is 28.4 Å². The summed E-state index contributed by atoms with van der Waals surface area (Å²) in [5.41, 5.74) is 7.23. The number of pyridine rings is 2. The van der Waals surface area contributed by atoms with Crippen LogP contribution in [0.15, 0.2) is 103 Å². The molecule has 13 heteroatoms. The Kier molecular flexibility index (Phi) is 15.3. The van der Waals surface area contributed by atoms with Crippen LogP contribution in [0.5, 0.6) is 17.2 Å². The van der Waals surface area contributed by atoms with Crippen LogP contribution in [-0.2, 0) is 17.9 Å². The molecule has 6 aromatic rings. The molecule has 2 fully saturated rings. The lowest BCUT2D eigenvalue weighted by molar-refractivity contribution is -0.115. The molecule has 0 atom stereocenters. The first-order chi connectivity index (χ1) is 32.2. The van der Waals surface area contributed by atoms with Crippen molar-refractivity contribution in [3.05, 3.63) is 132 Å². The van der Waals surface area contributed by atoms with Gasteiger partial charge in [0.25, 0.3) is 0 Å². The predicted octanol–water partition coefficient (Wildman–Crippen LogP) is 9.95. The summed E-state index contributed by atoms with van der Waals surface area (Å²) in [5.74, 6) is 1.32. The summed E-state index contributed by atoms with van der Waals surface area (Å²) >= 11 is 0. The van der Waals surface area contributed by atoms with Crippen LogP contribution in [0.25, 0.3) is 22.0 Å². The molecular formula is C53H61F2N7O4. The third-order valence-electron chi connectivity index (χ3n) is 12.5. The molecule has 4 heterocycles. The molecular weight excluding hydrogens is 837 g/mol. The number of aryl methyl sites for hydroxylation is 1. The zero-order chi connectivity index (χ0) is 46.0. The number of halogens is 2. The number of amides is 1. The van der Waals surface area contributed by atoms with E-state index in [9.17, 15) is 13.6 Å². The highest BCUT2D eigenvalue weighted by atomic mass is 19.1. The third kappa shape index (κ3) is 11.2. The van der Waals surface area contributed by atoms with Crippen LogP contribution in [0.2, 0.25) is 0 Å². The fourth-order valence-electron chi connectivity index (χ4n) is 9.37. The Hall–Kier alpha value is -6.31. The topological polar surface area (TPSA) is 104 Å². The van der Waals surface area contributed by atoms with Gasteiger partial charge in [0.05, 0.1) is 60.7 Å². The van der Waals surface area contributed by atoms with Crippen molar-refractivity contribution in [2.24, 2.45) is 0 Å². The van der Waals surface area contributed by atoms with E-state index in [0.717, 1.165) is 102 Å². The van der Waals surface area contributed by atoms with Gasteiger partial charge in [-0.1, -0.05) is 36.4 Å². The van der Waals surface area contributed by atoms with Crippen LogP contribution in [0.3, 0.4) is 0 Å². The van der Waals surface area contributed by atoms with Gasteiger partial charge in [0.2, 0.25) is 5.91 Å². The third-order valence-corrected chi connectivity index (χ3v) is 12.5. The van der Waals surface area contributed by atoms with Crippen molar-refractivity contribution in [2.45, 2.75) is 78.6 Å². The number of carbonyl (C=O) groups excluding carboxylic acids is 1. The number of piperidine rings is 2. The van der Waals surface area contributed by atoms with Gasteiger partial charge in [-0.15, -0.1) is 0 Å². The smallest absolute Gasteiger partial charge is 0.245 e. The molecule has 0 unspecified atom stereocenters. The van der Waals surface area contributed by atoms with Crippen LogP contribution >= 0.6 is 0 Å². The van der Waals surface area contributed by atoms with Crippen molar-refractivity contribution in [1.29, 1.82) is 0 Å². The van der Waals surface area contributed by atoms with Gasteiger partial charge in [-0.2, -0.15) is 0 Å². The highest BCUT2D eigenvalue weighted by Gasteiger charge is 2.29. The van der Waals surface area contributed by atoms with E-state index in [1.54, 1.807) is 18.2 Å².